The number of halogens is 1. The molecule has 0 spiro atoms. The van der Waals surface area contributed by atoms with E-state index in [2.05, 4.69) is 57.0 Å². The molecule has 1 unspecified atom stereocenters. The van der Waals surface area contributed by atoms with Crippen LogP contribution in [0.4, 0.5) is 5.69 Å². The Kier molecular flexibility index (Phi) is 9.90. The number of guanidine groups is 1. The number of rotatable bonds is 7. The van der Waals surface area contributed by atoms with Gasteiger partial charge in [0.05, 0.1) is 7.11 Å². The Bertz CT molecular complexity index is 873. The number of amides is 1. The highest BCUT2D eigenvalue weighted by Gasteiger charge is 2.23. The number of methoxy groups -OCH3 is 1. The van der Waals surface area contributed by atoms with Crippen LogP contribution in [-0.4, -0.2) is 58.2 Å². The molecule has 3 rings (SSSR count). The molecule has 2 aromatic carbocycles. The number of ether oxygens (including phenoxy) is 1. The van der Waals surface area contributed by atoms with E-state index in [1.165, 1.54) is 11.3 Å². The average molecular weight is 537 g/mol. The van der Waals surface area contributed by atoms with Crippen LogP contribution in [0.1, 0.15) is 22.3 Å². The van der Waals surface area contributed by atoms with E-state index in [1.54, 1.807) is 32.4 Å². The number of hydrogen-bond acceptors (Lipinski definition) is 4. The molecule has 8 heteroatoms. The van der Waals surface area contributed by atoms with Crippen LogP contribution < -0.4 is 25.6 Å². The summed E-state index contributed by atoms with van der Waals surface area (Å²) in [5, 5.41) is 9.66. The van der Waals surface area contributed by atoms with Gasteiger partial charge in [0.1, 0.15) is 5.75 Å². The molecule has 31 heavy (non-hydrogen) atoms. The molecule has 1 saturated heterocycles. The first-order chi connectivity index (χ1) is 14.6. The van der Waals surface area contributed by atoms with Crippen molar-refractivity contribution in [3.8, 4) is 5.75 Å². The summed E-state index contributed by atoms with van der Waals surface area (Å²) >= 11 is 0. The zero-order valence-corrected chi connectivity index (χ0v) is 20.7. The maximum absolute atomic E-state index is 12.3. The lowest BCUT2D eigenvalue weighted by atomic mass is 10.2. The number of carbonyl (C=O) groups is 1. The molecule has 0 aromatic heterocycles. The number of hydrogen-bond donors (Lipinski definition) is 3. The first-order valence-corrected chi connectivity index (χ1v) is 10.3. The molecular formula is C23H32IN5O2. The zero-order valence-electron chi connectivity index (χ0n) is 18.4. The zero-order chi connectivity index (χ0) is 21.3. The number of anilines is 1. The second-order valence-corrected chi connectivity index (χ2v) is 7.40. The molecule has 3 N–H and O–H groups in total. The van der Waals surface area contributed by atoms with E-state index in [0.717, 1.165) is 25.5 Å². The summed E-state index contributed by atoms with van der Waals surface area (Å²) in [7, 11) is 3.35. The van der Waals surface area contributed by atoms with Gasteiger partial charge in [0.25, 0.3) is 5.91 Å². The van der Waals surface area contributed by atoms with Crippen molar-refractivity contribution in [3.63, 3.8) is 0 Å². The normalized spacial score (nSPS) is 15.8. The summed E-state index contributed by atoms with van der Waals surface area (Å²) in [5.41, 5.74) is 3.11. The number of carbonyl (C=O) groups excluding carboxylic acids is 1. The van der Waals surface area contributed by atoms with Crippen molar-refractivity contribution in [2.45, 2.75) is 19.4 Å². The highest BCUT2D eigenvalue weighted by molar-refractivity contribution is 14.0. The number of benzene rings is 2. The third kappa shape index (κ3) is 7.30. The number of aryl methyl sites for hydroxylation is 1. The van der Waals surface area contributed by atoms with Crippen LogP contribution >= 0.6 is 24.0 Å². The number of nitrogens with zero attached hydrogens (tertiary/aromatic N) is 2. The Morgan fingerprint density at radius 1 is 1.16 bits per heavy atom. The van der Waals surface area contributed by atoms with E-state index in [4.69, 9.17) is 4.74 Å². The molecule has 168 valence electrons. The number of aliphatic imine (C=N–C) groups is 1. The topological polar surface area (TPSA) is 78.0 Å². The van der Waals surface area contributed by atoms with Gasteiger partial charge < -0.3 is 25.6 Å². The molecule has 1 aliphatic heterocycles. The molecule has 1 atom stereocenters. The SMILES string of the molecule is CN=C(NCCNC(=O)c1cccc(OC)c1)NC1CCN(c2ccc(C)cc2)C1.I. The summed E-state index contributed by atoms with van der Waals surface area (Å²) in [6.07, 6.45) is 1.06. The molecule has 1 amide bonds. The summed E-state index contributed by atoms with van der Waals surface area (Å²) in [5.74, 6) is 1.30. The summed E-state index contributed by atoms with van der Waals surface area (Å²) in [6.45, 7) is 5.15. The molecular weight excluding hydrogens is 505 g/mol. The Balaban J connectivity index is 0.00000341. The van der Waals surface area contributed by atoms with Crippen LogP contribution in [0.3, 0.4) is 0 Å². The van der Waals surface area contributed by atoms with Crippen LogP contribution in [0, 0.1) is 6.92 Å². The first kappa shape index (κ1) is 24.8. The first-order valence-electron chi connectivity index (χ1n) is 10.3. The predicted octanol–water partition coefficient (Wildman–Crippen LogP) is 2.80. The van der Waals surface area contributed by atoms with Gasteiger partial charge in [-0.3, -0.25) is 9.79 Å². The van der Waals surface area contributed by atoms with Crippen molar-refractivity contribution >= 4 is 41.5 Å². The van der Waals surface area contributed by atoms with Crippen molar-refractivity contribution < 1.29 is 9.53 Å². The molecule has 0 radical (unpaired) electrons. The molecule has 7 nitrogen and oxygen atoms in total. The van der Waals surface area contributed by atoms with E-state index in [9.17, 15) is 4.79 Å². The minimum Gasteiger partial charge on any atom is -0.497 e. The van der Waals surface area contributed by atoms with Gasteiger partial charge in [-0.15, -0.1) is 24.0 Å². The van der Waals surface area contributed by atoms with Gasteiger partial charge in [-0.2, -0.15) is 0 Å². The Hall–Kier alpha value is -2.49. The molecule has 2 aromatic rings. The Morgan fingerprint density at radius 3 is 2.61 bits per heavy atom. The summed E-state index contributed by atoms with van der Waals surface area (Å²) < 4.78 is 5.16. The van der Waals surface area contributed by atoms with Gasteiger partial charge in [-0.25, -0.2) is 0 Å². The summed E-state index contributed by atoms with van der Waals surface area (Å²) in [6, 6.07) is 16.1. The van der Waals surface area contributed by atoms with Gasteiger partial charge >= 0.3 is 0 Å². The lowest BCUT2D eigenvalue weighted by Crippen LogP contribution is -2.46. The minimum atomic E-state index is -0.122. The van der Waals surface area contributed by atoms with Gasteiger partial charge in [0.2, 0.25) is 0 Å². The highest BCUT2D eigenvalue weighted by atomic mass is 127. The molecule has 1 fully saturated rings. The molecule has 1 heterocycles. The van der Waals surface area contributed by atoms with Crippen LogP contribution in [0.25, 0.3) is 0 Å². The van der Waals surface area contributed by atoms with Crippen molar-refractivity contribution in [1.82, 2.24) is 16.0 Å². The smallest absolute Gasteiger partial charge is 0.251 e. The second kappa shape index (κ2) is 12.4. The van der Waals surface area contributed by atoms with Gasteiger partial charge in [-0.05, 0) is 43.7 Å². The Labute approximate surface area is 201 Å². The predicted molar refractivity (Wildman–Crippen MR) is 137 cm³/mol. The van der Waals surface area contributed by atoms with Crippen LogP contribution in [0.5, 0.6) is 5.75 Å². The fraction of sp³-hybridized carbons (Fsp3) is 0.391. The maximum atomic E-state index is 12.3. The third-order valence-corrected chi connectivity index (χ3v) is 5.19. The minimum absolute atomic E-state index is 0. The molecule has 0 saturated carbocycles. The second-order valence-electron chi connectivity index (χ2n) is 7.40. The van der Waals surface area contributed by atoms with E-state index in [-0.39, 0.29) is 29.9 Å². The van der Waals surface area contributed by atoms with Crippen molar-refractivity contribution in [2.24, 2.45) is 4.99 Å². The third-order valence-electron chi connectivity index (χ3n) is 5.19. The summed E-state index contributed by atoms with van der Waals surface area (Å²) in [4.78, 5) is 18.9. The van der Waals surface area contributed by atoms with E-state index < -0.39 is 0 Å². The molecule has 0 aliphatic carbocycles. The quantitative estimate of drug-likeness (QED) is 0.219. The maximum Gasteiger partial charge on any atom is 0.251 e. The monoisotopic (exact) mass is 537 g/mol. The van der Waals surface area contributed by atoms with Crippen molar-refractivity contribution in [3.05, 3.63) is 59.7 Å². The lowest BCUT2D eigenvalue weighted by molar-refractivity contribution is 0.0954. The largest absolute Gasteiger partial charge is 0.497 e. The standard InChI is InChI=1S/C23H31N5O2.HI/c1-17-7-9-20(10-8-17)28-14-11-19(16-28)27-23(24-2)26-13-12-25-22(29)18-5-4-6-21(15-18)30-3;/h4-10,15,19H,11-14,16H2,1-3H3,(H,25,29)(H2,24,26,27);1H. The fourth-order valence-electron chi connectivity index (χ4n) is 3.48. The van der Waals surface area contributed by atoms with Crippen molar-refractivity contribution in [1.29, 1.82) is 0 Å². The average Bonchev–Trinajstić information content (AvgIpc) is 3.24. The molecule has 0 bridgehead atoms. The van der Waals surface area contributed by atoms with E-state index in [1.807, 2.05) is 6.07 Å². The Morgan fingerprint density at radius 2 is 1.90 bits per heavy atom. The van der Waals surface area contributed by atoms with Gasteiger partial charge in [-0.1, -0.05) is 23.8 Å². The van der Waals surface area contributed by atoms with Crippen LogP contribution in [0.2, 0.25) is 0 Å². The highest BCUT2D eigenvalue weighted by Crippen LogP contribution is 2.20. The van der Waals surface area contributed by atoms with E-state index >= 15 is 0 Å². The van der Waals surface area contributed by atoms with E-state index in [0.29, 0.717) is 30.4 Å². The number of nitrogens with one attached hydrogen (secondary N) is 3. The van der Waals surface area contributed by atoms with Gasteiger partial charge in [0.15, 0.2) is 5.96 Å². The van der Waals surface area contributed by atoms with Crippen molar-refractivity contribution in [2.75, 3.05) is 45.2 Å². The molecule has 1 aliphatic rings. The lowest BCUT2D eigenvalue weighted by Gasteiger charge is -2.20. The van der Waals surface area contributed by atoms with Crippen LogP contribution in [0.15, 0.2) is 53.5 Å². The van der Waals surface area contributed by atoms with Crippen LogP contribution in [-0.2, 0) is 0 Å². The fourth-order valence-corrected chi connectivity index (χ4v) is 3.48. The van der Waals surface area contributed by atoms with Gasteiger partial charge in [0, 0.05) is 50.5 Å².